The lowest BCUT2D eigenvalue weighted by Gasteiger charge is -2.15. The Morgan fingerprint density at radius 3 is 2.07 bits per heavy atom. The third-order valence-electron chi connectivity index (χ3n) is 4.37. The zero-order chi connectivity index (χ0) is 21.4. The summed E-state index contributed by atoms with van der Waals surface area (Å²) in [5.41, 5.74) is 0.274. The van der Waals surface area contributed by atoms with Gasteiger partial charge >= 0.3 is 0 Å². The van der Waals surface area contributed by atoms with Crippen LogP contribution in [0.2, 0.25) is 5.02 Å². The van der Waals surface area contributed by atoms with E-state index in [2.05, 4.69) is 0 Å². The highest BCUT2D eigenvalue weighted by atomic mass is 35.5. The Bertz CT molecular complexity index is 1190. The van der Waals surface area contributed by atoms with E-state index in [0.717, 1.165) is 34.9 Å². The van der Waals surface area contributed by atoms with Crippen LogP contribution in [0.4, 0.5) is 18.9 Å². The maximum absolute atomic E-state index is 13.7. The quantitative estimate of drug-likeness (QED) is 0.474. The van der Waals surface area contributed by atoms with E-state index in [1.165, 1.54) is 24.3 Å². The Hall–Kier alpha value is -3.03. The van der Waals surface area contributed by atoms with Gasteiger partial charge in [0.25, 0.3) is 11.8 Å². The number of thioether (sulfide) groups is 1. The second-order valence-electron chi connectivity index (χ2n) is 6.31. The molecular weight excluding hydrogens is 435 g/mol. The molecule has 1 aliphatic rings. The summed E-state index contributed by atoms with van der Waals surface area (Å²) in [6.45, 7) is 0. The molecular formula is C22H11ClF3NO2S. The van der Waals surface area contributed by atoms with E-state index in [9.17, 15) is 22.8 Å². The van der Waals surface area contributed by atoms with Crippen molar-refractivity contribution in [1.82, 2.24) is 0 Å². The van der Waals surface area contributed by atoms with Gasteiger partial charge in [-0.3, -0.25) is 9.59 Å². The summed E-state index contributed by atoms with van der Waals surface area (Å²) in [7, 11) is 0. The molecule has 0 fully saturated rings. The molecule has 3 aromatic rings. The SMILES string of the molecule is O=C1C(Sc2ccc(Cl)cc2)=C(c2ccc(F)cc2)C(=O)N1c1ccc(F)c(F)c1. The smallest absolute Gasteiger partial charge is 0.268 e. The van der Waals surface area contributed by atoms with Crippen LogP contribution in [0.1, 0.15) is 5.56 Å². The number of halogens is 4. The van der Waals surface area contributed by atoms with Gasteiger partial charge in [-0.2, -0.15) is 0 Å². The Morgan fingerprint density at radius 1 is 0.767 bits per heavy atom. The van der Waals surface area contributed by atoms with Crippen molar-refractivity contribution in [3.63, 3.8) is 0 Å². The Balaban J connectivity index is 1.82. The molecule has 0 bridgehead atoms. The van der Waals surface area contributed by atoms with Crippen molar-refractivity contribution in [3.05, 3.63) is 99.7 Å². The molecule has 0 radical (unpaired) electrons. The standard InChI is InChI=1S/C22H11ClF3NO2S/c23-13-3-8-16(9-4-13)30-20-19(12-1-5-14(24)6-2-12)21(28)27(22(20)29)15-7-10-17(25)18(26)11-15/h1-11H. The van der Waals surface area contributed by atoms with Gasteiger partial charge in [0.1, 0.15) is 5.82 Å². The van der Waals surface area contributed by atoms with Gasteiger partial charge in [-0.15, -0.1) is 0 Å². The maximum Gasteiger partial charge on any atom is 0.272 e. The largest absolute Gasteiger partial charge is 0.272 e. The summed E-state index contributed by atoms with van der Waals surface area (Å²) < 4.78 is 40.4. The highest BCUT2D eigenvalue weighted by molar-refractivity contribution is 8.04. The minimum Gasteiger partial charge on any atom is -0.268 e. The van der Waals surface area contributed by atoms with E-state index in [1.807, 2.05) is 0 Å². The zero-order valence-corrected chi connectivity index (χ0v) is 16.6. The molecule has 4 rings (SSSR count). The van der Waals surface area contributed by atoms with Gasteiger partial charge in [0.05, 0.1) is 16.2 Å². The van der Waals surface area contributed by atoms with Crippen molar-refractivity contribution in [2.45, 2.75) is 4.90 Å². The van der Waals surface area contributed by atoms with Crippen LogP contribution in [0, 0.1) is 17.5 Å². The van der Waals surface area contributed by atoms with Gasteiger partial charge in [0.2, 0.25) is 0 Å². The highest BCUT2D eigenvalue weighted by Gasteiger charge is 2.40. The topological polar surface area (TPSA) is 37.4 Å². The number of hydrogen-bond donors (Lipinski definition) is 0. The summed E-state index contributed by atoms with van der Waals surface area (Å²) >= 11 is 6.93. The van der Waals surface area contributed by atoms with Gasteiger partial charge in [-0.25, -0.2) is 18.1 Å². The number of hydrogen-bond acceptors (Lipinski definition) is 3. The Kier molecular flexibility index (Phi) is 5.40. The molecule has 0 unspecified atom stereocenters. The van der Waals surface area contributed by atoms with Gasteiger partial charge in [0.15, 0.2) is 11.6 Å². The predicted molar refractivity (Wildman–Crippen MR) is 109 cm³/mol. The molecule has 3 aromatic carbocycles. The van der Waals surface area contributed by atoms with E-state index >= 15 is 0 Å². The average Bonchev–Trinajstić information content (AvgIpc) is 2.96. The molecule has 3 nitrogen and oxygen atoms in total. The molecule has 0 N–H and O–H groups in total. The van der Waals surface area contributed by atoms with Crippen LogP contribution < -0.4 is 4.90 Å². The minimum atomic E-state index is -1.18. The molecule has 0 atom stereocenters. The lowest BCUT2D eigenvalue weighted by Crippen LogP contribution is -2.31. The van der Waals surface area contributed by atoms with E-state index in [-0.39, 0.29) is 16.2 Å². The van der Waals surface area contributed by atoms with Crippen LogP contribution in [-0.4, -0.2) is 11.8 Å². The number of nitrogens with zero attached hydrogens (tertiary/aromatic N) is 1. The van der Waals surface area contributed by atoms with Crippen molar-refractivity contribution in [3.8, 4) is 0 Å². The summed E-state index contributed by atoms with van der Waals surface area (Å²) in [6, 6.07) is 14.5. The normalized spacial score (nSPS) is 14.1. The van der Waals surface area contributed by atoms with E-state index in [4.69, 9.17) is 11.6 Å². The fourth-order valence-corrected chi connectivity index (χ4v) is 4.07. The van der Waals surface area contributed by atoms with Crippen LogP contribution in [0.5, 0.6) is 0 Å². The molecule has 30 heavy (non-hydrogen) atoms. The van der Waals surface area contributed by atoms with Crippen molar-refractivity contribution >= 4 is 46.4 Å². The van der Waals surface area contributed by atoms with Crippen molar-refractivity contribution in [1.29, 1.82) is 0 Å². The number of amides is 2. The van der Waals surface area contributed by atoms with Gasteiger partial charge in [-0.1, -0.05) is 35.5 Å². The molecule has 2 amide bonds. The van der Waals surface area contributed by atoms with Gasteiger partial charge in [-0.05, 0) is 54.1 Å². The number of rotatable bonds is 4. The second kappa shape index (κ2) is 8.01. The highest BCUT2D eigenvalue weighted by Crippen LogP contribution is 2.41. The molecule has 0 aliphatic carbocycles. The monoisotopic (exact) mass is 445 g/mol. The van der Waals surface area contributed by atoms with Gasteiger partial charge < -0.3 is 0 Å². The van der Waals surface area contributed by atoms with E-state index in [0.29, 0.717) is 15.5 Å². The fourth-order valence-electron chi connectivity index (χ4n) is 2.95. The van der Waals surface area contributed by atoms with Crippen LogP contribution in [0.25, 0.3) is 5.57 Å². The molecule has 0 saturated heterocycles. The number of carbonyl (C=O) groups is 2. The molecule has 0 aromatic heterocycles. The second-order valence-corrected chi connectivity index (χ2v) is 7.83. The van der Waals surface area contributed by atoms with E-state index in [1.54, 1.807) is 24.3 Å². The first-order chi connectivity index (χ1) is 14.3. The first-order valence-corrected chi connectivity index (χ1v) is 9.82. The molecule has 150 valence electrons. The summed E-state index contributed by atoms with van der Waals surface area (Å²) in [6.07, 6.45) is 0. The van der Waals surface area contributed by atoms with Gasteiger partial charge in [0, 0.05) is 16.0 Å². The first kappa shape index (κ1) is 20.3. The molecule has 1 aliphatic heterocycles. The van der Waals surface area contributed by atoms with Crippen LogP contribution in [0.15, 0.2) is 76.5 Å². The van der Waals surface area contributed by atoms with Crippen molar-refractivity contribution < 1.29 is 22.8 Å². The Labute approximate surface area is 178 Å². The van der Waals surface area contributed by atoms with Crippen LogP contribution >= 0.6 is 23.4 Å². The lowest BCUT2D eigenvalue weighted by molar-refractivity contribution is -0.119. The molecule has 8 heteroatoms. The van der Waals surface area contributed by atoms with Crippen LogP contribution in [-0.2, 0) is 9.59 Å². The zero-order valence-electron chi connectivity index (χ0n) is 15.0. The maximum atomic E-state index is 13.7. The molecule has 1 heterocycles. The number of carbonyl (C=O) groups excluding carboxylic acids is 2. The van der Waals surface area contributed by atoms with Crippen molar-refractivity contribution in [2.75, 3.05) is 4.90 Å². The fraction of sp³-hybridized carbons (Fsp3) is 0. The lowest BCUT2D eigenvalue weighted by atomic mass is 10.1. The third kappa shape index (κ3) is 3.74. The van der Waals surface area contributed by atoms with E-state index < -0.39 is 29.3 Å². The summed E-state index contributed by atoms with van der Waals surface area (Å²) in [5, 5.41) is 0.504. The number of imide groups is 1. The molecule has 0 spiro atoms. The number of benzene rings is 3. The predicted octanol–water partition coefficient (Wildman–Crippen LogP) is 5.83. The average molecular weight is 446 g/mol. The molecule has 0 saturated carbocycles. The summed E-state index contributed by atoms with van der Waals surface area (Å²) in [5.74, 6) is -4.18. The number of anilines is 1. The Morgan fingerprint density at radius 2 is 1.43 bits per heavy atom. The minimum absolute atomic E-state index is 0.0460. The van der Waals surface area contributed by atoms with Crippen LogP contribution in [0.3, 0.4) is 0 Å². The summed E-state index contributed by atoms with van der Waals surface area (Å²) in [4.78, 5) is 27.8. The van der Waals surface area contributed by atoms with Crippen molar-refractivity contribution in [2.24, 2.45) is 0 Å². The third-order valence-corrected chi connectivity index (χ3v) is 5.71. The first-order valence-electron chi connectivity index (χ1n) is 8.62.